The van der Waals surface area contributed by atoms with Crippen molar-refractivity contribution in [3.05, 3.63) is 34.9 Å². The number of rotatable bonds is 3. The van der Waals surface area contributed by atoms with Gasteiger partial charge in [0.15, 0.2) is 0 Å². The fourth-order valence-corrected chi connectivity index (χ4v) is 2.65. The minimum atomic E-state index is 0.347. The van der Waals surface area contributed by atoms with Gasteiger partial charge in [-0.15, -0.1) is 0 Å². The quantitative estimate of drug-likeness (QED) is 0.896. The largest absolute Gasteiger partial charge is 0.329 e. The van der Waals surface area contributed by atoms with Gasteiger partial charge in [-0.3, -0.25) is 4.90 Å². The number of benzene rings is 1. The molecular weight excluding hydrogens is 232 g/mol. The maximum Gasteiger partial charge on any atom is 0.0470 e. The van der Waals surface area contributed by atoms with Crippen LogP contribution in [0.1, 0.15) is 31.4 Å². The average Bonchev–Trinajstić information content (AvgIpc) is 2.35. The molecule has 0 spiro atoms. The van der Waals surface area contributed by atoms with Crippen LogP contribution in [0.3, 0.4) is 0 Å². The van der Waals surface area contributed by atoms with Crippen LogP contribution >= 0.6 is 11.6 Å². The molecule has 2 nitrogen and oxygen atoms in total. The fraction of sp³-hybridized carbons (Fsp3) is 0.571. The maximum atomic E-state index is 5.93. The van der Waals surface area contributed by atoms with Crippen LogP contribution < -0.4 is 5.73 Å². The number of piperidine rings is 1. The lowest BCUT2D eigenvalue weighted by Crippen LogP contribution is -2.39. The molecule has 0 aliphatic carbocycles. The molecule has 17 heavy (non-hydrogen) atoms. The molecule has 1 heterocycles. The molecule has 3 heteroatoms. The summed E-state index contributed by atoms with van der Waals surface area (Å²) in [6, 6.07) is 8.44. The van der Waals surface area contributed by atoms with E-state index in [1.807, 2.05) is 12.1 Å². The van der Waals surface area contributed by atoms with Crippen molar-refractivity contribution in [3.8, 4) is 0 Å². The van der Waals surface area contributed by atoms with E-state index < -0.39 is 0 Å². The SMILES string of the molecule is CC1CCN([C@@H](CN)c2ccc(Cl)cc2)CC1. The number of nitrogens with two attached hydrogens (primary N) is 1. The van der Waals surface area contributed by atoms with Crippen molar-refractivity contribution in [2.45, 2.75) is 25.8 Å². The summed E-state index contributed by atoms with van der Waals surface area (Å²) in [5, 5.41) is 0.789. The van der Waals surface area contributed by atoms with E-state index in [4.69, 9.17) is 17.3 Å². The Morgan fingerprint density at radius 3 is 2.41 bits per heavy atom. The number of nitrogens with zero attached hydrogens (tertiary/aromatic N) is 1. The fourth-order valence-electron chi connectivity index (χ4n) is 2.52. The van der Waals surface area contributed by atoms with Gasteiger partial charge < -0.3 is 5.73 Å². The van der Waals surface area contributed by atoms with Gasteiger partial charge in [-0.05, 0) is 49.5 Å². The van der Waals surface area contributed by atoms with Gasteiger partial charge in [0.05, 0.1) is 0 Å². The van der Waals surface area contributed by atoms with Crippen LogP contribution in [0, 0.1) is 5.92 Å². The Morgan fingerprint density at radius 2 is 1.88 bits per heavy atom. The van der Waals surface area contributed by atoms with E-state index in [-0.39, 0.29) is 0 Å². The van der Waals surface area contributed by atoms with Crippen LogP contribution in [-0.4, -0.2) is 24.5 Å². The first kappa shape index (κ1) is 12.9. The summed E-state index contributed by atoms with van der Waals surface area (Å²) < 4.78 is 0. The normalized spacial score (nSPS) is 20.4. The minimum absolute atomic E-state index is 0.347. The molecule has 0 amide bonds. The van der Waals surface area contributed by atoms with E-state index in [9.17, 15) is 0 Å². The van der Waals surface area contributed by atoms with Crippen LogP contribution in [-0.2, 0) is 0 Å². The highest BCUT2D eigenvalue weighted by Gasteiger charge is 2.23. The van der Waals surface area contributed by atoms with Crippen molar-refractivity contribution in [2.24, 2.45) is 11.7 Å². The molecule has 1 aromatic carbocycles. The van der Waals surface area contributed by atoms with Crippen molar-refractivity contribution in [2.75, 3.05) is 19.6 Å². The molecule has 0 bridgehead atoms. The number of hydrogen-bond donors (Lipinski definition) is 1. The summed E-state index contributed by atoms with van der Waals surface area (Å²) in [5.41, 5.74) is 7.22. The van der Waals surface area contributed by atoms with Gasteiger partial charge >= 0.3 is 0 Å². The summed E-state index contributed by atoms with van der Waals surface area (Å²) in [6.45, 7) is 5.32. The zero-order chi connectivity index (χ0) is 12.3. The monoisotopic (exact) mass is 252 g/mol. The smallest absolute Gasteiger partial charge is 0.0470 e. The molecule has 0 radical (unpaired) electrons. The molecule has 1 aromatic rings. The third kappa shape index (κ3) is 3.21. The topological polar surface area (TPSA) is 29.3 Å². The van der Waals surface area contributed by atoms with Crippen molar-refractivity contribution >= 4 is 11.6 Å². The minimum Gasteiger partial charge on any atom is -0.329 e. The molecule has 1 fully saturated rings. The van der Waals surface area contributed by atoms with E-state index in [1.54, 1.807) is 0 Å². The summed E-state index contributed by atoms with van der Waals surface area (Å²) >= 11 is 5.92. The van der Waals surface area contributed by atoms with Gasteiger partial charge in [-0.1, -0.05) is 30.7 Å². The maximum absolute atomic E-state index is 5.93. The lowest BCUT2D eigenvalue weighted by molar-refractivity contribution is 0.141. The number of hydrogen-bond acceptors (Lipinski definition) is 2. The van der Waals surface area contributed by atoms with Crippen molar-refractivity contribution < 1.29 is 0 Å². The highest BCUT2D eigenvalue weighted by Crippen LogP contribution is 2.26. The Labute approximate surface area is 109 Å². The second-order valence-corrected chi connectivity index (χ2v) is 5.46. The third-order valence-electron chi connectivity index (χ3n) is 3.74. The molecule has 1 aliphatic rings. The molecule has 0 aromatic heterocycles. The van der Waals surface area contributed by atoms with E-state index >= 15 is 0 Å². The molecule has 0 saturated carbocycles. The van der Waals surface area contributed by atoms with Crippen molar-refractivity contribution in [1.82, 2.24) is 4.90 Å². The number of likely N-dealkylation sites (tertiary alicyclic amines) is 1. The summed E-state index contributed by atoms with van der Waals surface area (Å²) in [7, 11) is 0. The van der Waals surface area contributed by atoms with Gasteiger partial charge in [-0.2, -0.15) is 0 Å². The molecule has 2 N–H and O–H groups in total. The van der Waals surface area contributed by atoms with Gasteiger partial charge in [-0.25, -0.2) is 0 Å². The van der Waals surface area contributed by atoms with E-state index in [0.717, 1.165) is 24.0 Å². The zero-order valence-electron chi connectivity index (χ0n) is 10.4. The van der Waals surface area contributed by atoms with Gasteiger partial charge in [0, 0.05) is 17.6 Å². The van der Waals surface area contributed by atoms with Gasteiger partial charge in [0.25, 0.3) is 0 Å². The van der Waals surface area contributed by atoms with Crippen LogP contribution in [0.4, 0.5) is 0 Å². The third-order valence-corrected chi connectivity index (χ3v) is 3.99. The lowest BCUT2D eigenvalue weighted by Gasteiger charge is -2.36. The Bertz CT molecular complexity index is 342. The van der Waals surface area contributed by atoms with E-state index in [1.165, 1.54) is 18.4 Å². The van der Waals surface area contributed by atoms with Crippen LogP contribution in [0.5, 0.6) is 0 Å². The second kappa shape index (κ2) is 5.85. The van der Waals surface area contributed by atoms with Crippen molar-refractivity contribution in [3.63, 3.8) is 0 Å². The first-order chi connectivity index (χ1) is 8.20. The Morgan fingerprint density at radius 1 is 1.29 bits per heavy atom. The summed E-state index contributed by atoms with van der Waals surface area (Å²) in [5.74, 6) is 0.856. The zero-order valence-corrected chi connectivity index (χ0v) is 11.2. The summed E-state index contributed by atoms with van der Waals surface area (Å²) in [4.78, 5) is 2.50. The highest BCUT2D eigenvalue weighted by molar-refractivity contribution is 6.30. The van der Waals surface area contributed by atoms with E-state index in [0.29, 0.717) is 12.6 Å². The lowest BCUT2D eigenvalue weighted by atomic mass is 9.96. The average molecular weight is 253 g/mol. The first-order valence-electron chi connectivity index (χ1n) is 6.40. The van der Waals surface area contributed by atoms with Gasteiger partial charge in [0.1, 0.15) is 0 Å². The number of halogens is 1. The molecule has 1 saturated heterocycles. The Balaban J connectivity index is 2.08. The standard InChI is InChI=1S/C14H21ClN2/c1-11-6-8-17(9-7-11)14(10-16)12-2-4-13(15)5-3-12/h2-5,11,14H,6-10,16H2,1H3/t14-/m0/s1. The van der Waals surface area contributed by atoms with E-state index in [2.05, 4.69) is 24.0 Å². The van der Waals surface area contributed by atoms with Crippen LogP contribution in [0.15, 0.2) is 24.3 Å². The second-order valence-electron chi connectivity index (χ2n) is 5.02. The highest BCUT2D eigenvalue weighted by atomic mass is 35.5. The Kier molecular flexibility index (Phi) is 4.43. The Hall–Kier alpha value is -0.570. The molecule has 94 valence electrons. The molecular formula is C14H21ClN2. The van der Waals surface area contributed by atoms with Crippen molar-refractivity contribution in [1.29, 1.82) is 0 Å². The predicted octanol–water partition coefficient (Wildman–Crippen LogP) is 3.07. The first-order valence-corrected chi connectivity index (χ1v) is 6.78. The summed E-state index contributed by atoms with van der Waals surface area (Å²) in [6.07, 6.45) is 2.56. The van der Waals surface area contributed by atoms with Crippen LogP contribution in [0.25, 0.3) is 0 Å². The predicted molar refractivity (Wildman–Crippen MR) is 73.2 cm³/mol. The molecule has 1 aliphatic heterocycles. The van der Waals surface area contributed by atoms with Crippen LogP contribution in [0.2, 0.25) is 5.02 Å². The molecule has 2 rings (SSSR count). The van der Waals surface area contributed by atoms with Gasteiger partial charge in [0.2, 0.25) is 0 Å². The molecule has 1 atom stereocenters. The molecule has 0 unspecified atom stereocenters.